The van der Waals surface area contributed by atoms with Gasteiger partial charge in [0, 0.05) is 7.11 Å². The zero-order chi connectivity index (χ0) is 20.9. The first kappa shape index (κ1) is 23.7. The second kappa shape index (κ2) is 9.21. The van der Waals surface area contributed by atoms with Crippen molar-refractivity contribution in [2.24, 2.45) is 0 Å². The summed E-state index contributed by atoms with van der Waals surface area (Å²) in [7, 11) is -0.326. The van der Waals surface area contributed by atoms with Crippen molar-refractivity contribution in [2.45, 2.75) is 77.4 Å². The smallest absolute Gasteiger partial charge is 0.408 e. The maximum atomic E-state index is 12.4. The number of amides is 1. The molecule has 1 amide bonds. The number of carbonyl (C=O) groups is 1. The number of alkyl carbamates (subject to hydrolysis) is 1. The highest BCUT2D eigenvalue weighted by Gasteiger charge is 2.39. The molecule has 5 nitrogen and oxygen atoms in total. The van der Waals surface area contributed by atoms with Crippen molar-refractivity contribution in [1.82, 2.24) is 5.32 Å². The molecule has 1 rings (SSSR count). The Morgan fingerprint density at radius 3 is 2.07 bits per heavy atom. The van der Waals surface area contributed by atoms with Gasteiger partial charge in [0.2, 0.25) is 0 Å². The van der Waals surface area contributed by atoms with E-state index in [4.69, 9.17) is 13.9 Å². The summed E-state index contributed by atoms with van der Waals surface area (Å²) in [6.45, 7) is 16.9. The van der Waals surface area contributed by atoms with Gasteiger partial charge in [-0.2, -0.15) is 0 Å². The highest BCUT2D eigenvalue weighted by atomic mass is 28.4. The van der Waals surface area contributed by atoms with E-state index < -0.39 is 20.0 Å². The van der Waals surface area contributed by atoms with Gasteiger partial charge in [0.25, 0.3) is 0 Å². The molecule has 0 aliphatic rings. The molecule has 0 aromatic heterocycles. The van der Waals surface area contributed by atoms with E-state index in [0.717, 1.165) is 5.56 Å². The second-order valence-electron chi connectivity index (χ2n) is 9.39. The Labute approximate surface area is 165 Å². The van der Waals surface area contributed by atoms with Crippen molar-refractivity contribution in [3.8, 4) is 0 Å². The fourth-order valence-corrected chi connectivity index (χ4v) is 3.38. The average Bonchev–Trinajstić information content (AvgIpc) is 2.51. The minimum atomic E-state index is -1.97. The summed E-state index contributed by atoms with van der Waals surface area (Å²) in [6.07, 6.45) is -0.798. The molecule has 0 spiro atoms. The van der Waals surface area contributed by atoms with Gasteiger partial charge in [0.05, 0.1) is 12.6 Å². The Hall–Kier alpha value is -1.37. The van der Waals surface area contributed by atoms with Gasteiger partial charge in [-0.15, -0.1) is 0 Å². The van der Waals surface area contributed by atoms with E-state index in [1.165, 1.54) is 0 Å². The highest BCUT2D eigenvalue weighted by molar-refractivity contribution is 6.74. The summed E-state index contributed by atoms with van der Waals surface area (Å²) in [4.78, 5) is 12.4. The zero-order valence-electron chi connectivity index (χ0n) is 18.4. The Balaban J connectivity index is 3.03. The summed E-state index contributed by atoms with van der Waals surface area (Å²) in [6, 6.07) is 9.50. The monoisotopic (exact) mass is 395 g/mol. The molecule has 1 aromatic rings. The fourth-order valence-electron chi connectivity index (χ4n) is 2.35. The SMILES string of the molecule is CO[C@H](c1ccccc1)[C@@H](CO[Si](C)(C)C(C)(C)C)NC(=O)OC(C)(C)C. The first-order valence-corrected chi connectivity index (χ1v) is 12.4. The normalized spacial score (nSPS) is 15.1. The Bertz CT molecular complexity index is 590. The minimum absolute atomic E-state index is 0.0821. The van der Waals surface area contributed by atoms with Crippen LogP contribution >= 0.6 is 0 Å². The molecule has 0 heterocycles. The molecule has 0 radical (unpaired) electrons. The topological polar surface area (TPSA) is 56.8 Å². The van der Waals surface area contributed by atoms with Crippen LogP contribution in [-0.4, -0.2) is 39.8 Å². The van der Waals surface area contributed by atoms with Crippen molar-refractivity contribution in [3.63, 3.8) is 0 Å². The van der Waals surface area contributed by atoms with Gasteiger partial charge in [-0.05, 0) is 44.5 Å². The van der Waals surface area contributed by atoms with Crippen LogP contribution in [0.4, 0.5) is 4.79 Å². The predicted molar refractivity (Wildman–Crippen MR) is 112 cm³/mol. The molecular weight excluding hydrogens is 358 g/mol. The summed E-state index contributed by atoms with van der Waals surface area (Å²) in [5, 5.41) is 3.04. The van der Waals surface area contributed by atoms with Crippen LogP contribution in [0.25, 0.3) is 0 Å². The standard InChI is InChI=1S/C21H37NO4Si/c1-20(2,3)26-19(23)22-17(15-25-27(8,9)21(4,5)6)18(24-7)16-13-11-10-12-14-16/h10-14,17-18H,15H2,1-9H3,(H,22,23)/t17-,18-/m1/s1. The number of ether oxygens (including phenoxy) is 2. The van der Waals surface area contributed by atoms with Crippen molar-refractivity contribution < 1.29 is 18.7 Å². The minimum Gasteiger partial charge on any atom is -0.444 e. The third-order valence-corrected chi connectivity index (χ3v) is 9.38. The number of methoxy groups -OCH3 is 1. The van der Waals surface area contributed by atoms with Gasteiger partial charge in [0.1, 0.15) is 11.7 Å². The lowest BCUT2D eigenvalue weighted by Gasteiger charge is -2.38. The number of hydrogen-bond donors (Lipinski definition) is 1. The van der Waals surface area contributed by atoms with Crippen LogP contribution < -0.4 is 5.32 Å². The fraction of sp³-hybridized carbons (Fsp3) is 0.667. The van der Waals surface area contributed by atoms with E-state index >= 15 is 0 Å². The van der Waals surface area contributed by atoms with Crippen LogP contribution in [0.5, 0.6) is 0 Å². The molecule has 1 aromatic carbocycles. The molecule has 0 saturated heterocycles. The van der Waals surface area contributed by atoms with E-state index in [0.29, 0.717) is 6.61 Å². The maximum Gasteiger partial charge on any atom is 0.408 e. The number of nitrogens with one attached hydrogen (secondary N) is 1. The predicted octanol–water partition coefficient (Wildman–Crippen LogP) is 5.29. The van der Waals surface area contributed by atoms with E-state index in [2.05, 4.69) is 39.2 Å². The largest absolute Gasteiger partial charge is 0.444 e. The summed E-state index contributed by atoms with van der Waals surface area (Å²) < 4.78 is 17.6. The Morgan fingerprint density at radius 2 is 1.63 bits per heavy atom. The molecule has 0 aliphatic carbocycles. The van der Waals surface area contributed by atoms with Crippen LogP contribution in [0.3, 0.4) is 0 Å². The van der Waals surface area contributed by atoms with Crippen LogP contribution in [0.15, 0.2) is 30.3 Å². The van der Waals surface area contributed by atoms with Gasteiger partial charge in [-0.25, -0.2) is 4.79 Å². The molecule has 0 fully saturated rings. The molecule has 0 unspecified atom stereocenters. The van der Waals surface area contributed by atoms with Gasteiger partial charge in [0.15, 0.2) is 8.32 Å². The van der Waals surface area contributed by atoms with Crippen molar-refractivity contribution >= 4 is 14.4 Å². The zero-order valence-corrected chi connectivity index (χ0v) is 19.4. The molecule has 0 bridgehead atoms. The van der Waals surface area contributed by atoms with Crippen molar-refractivity contribution in [3.05, 3.63) is 35.9 Å². The first-order valence-electron chi connectivity index (χ1n) is 9.48. The molecular formula is C21H37NO4Si. The van der Waals surface area contributed by atoms with E-state index in [1.807, 2.05) is 51.1 Å². The molecule has 0 saturated carbocycles. The van der Waals surface area contributed by atoms with Gasteiger partial charge in [-0.1, -0.05) is 51.1 Å². The van der Waals surface area contributed by atoms with Crippen LogP contribution in [0, 0.1) is 0 Å². The van der Waals surface area contributed by atoms with Crippen LogP contribution in [-0.2, 0) is 13.9 Å². The lowest BCUT2D eigenvalue weighted by Crippen LogP contribution is -2.49. The van der Waals surface area contributed by atoms with E-state index in [9.17, 15) is 4.79 Å². The third-order valence-electron chi connectivity index (χ3n) is 4.88. The van der Waals surface area contributed by atoms with Gasteiger partial charge >= 0.3 is 6.09 Å². The first-order chi connectivity index (χ1) is 12.3. The quantitative estimate of drug-likeness (QED) is 0.637. The van der Waals surface area contributed by atoms with Crippen molar-refractivity contribution in [2.75, 3.05) is 13.7 Å². The summed E-state index contributed by atoms with van der Waals surface area (Å²) in [5.41, 5.74) is 0.421. The third kappa shape index (κ3) is 7.64. The molecule has 0 aliphatic heterocycles. The van der Waals surface area contributed by atoms with E-state index in [-0.39, 0.29) is 17.2 Å². The Morgan fingerprint density at radius 1 is 1.07 bits per heavy atom. The maximum absolute atomic E-state index is 12.4. The number of benzene rings is 1. The van der Waals surface area contributed by atoms with Gasteiger partial charge in [-0.3, -0.25) is 0 Å². The average molecular weight is 396 g/mol. The van der Waals surface area contributed by atoms with Gasteiger partial charge < -0.3 is 19.2 Å². The van der Waals surface area contributed by atoms with Crippen LogP contribution in [0.2, 0.25) is 18.1 Å². The molecule has 2 atom stereocenters. The number of carbonyl (C=O) groups excluding carboxylic acids is 1. The highest BCUT2D eigenvalue weighted by Crippen LogP contribution is 2.37. The lowest BCUT2D eigenvalue weighted by molar-refractivity contribution is 0.0228. The van der Waals surface area contributed by atoms with E-state index in [1.54, 1.807) is 7.11 Å². The molecule has 27 heavy (non-hydrogen) atoms. The molecule has 1 N–H and O–H groups in total. The van der Waals surface area contributed by atoms with Crippen molar-refractivity contribution in [1.29, 1.82) is 0 Å². The molecule has 6 heteroatoms. The number of hydrogen-bond acceptors (Lipinski definition) is 4. The second-order valence-corrected chi connectivity index (χ2v) is 14.2. The Kier molecular flexibility index (Phi) is 8.08. The molecule has 154 valence electrons. The van der Waals surface area contributed by atoms with Crippen LogP contribution in [0.1, 0.15) is 53.2 Å². The summed E-state index contributed by atoms with van der Waals surface area (Å²) >= 11 is 0. The summed E-state index contributed by atoms with van der Waals surface area (Å²) in [5.74, 6) is 0. The lowest BCUT2D eigenvalue weighted by atomic mass is 10.0. The number of rotatable bonds is 7.